The van der Waals surface area contributed by atoms with Gasteiger partial charge in [0, 0.05) is 32.0 Å². The summed E-state index contributed by atoms with van der Waals surface area (Å²) in [6.07, 6.45) is 3.53. The van der Waals surface area contributed by atoms with Crippen LogP contribution in [0.3, 0.4) is 0 Å². The summed E-state index contributed by atoms with van der Waals surface area (Å²) in [4.78, 5) is 6.83. The Morgan fingerprint density at radius 2 is 1.94 bits per heavy atom. The normalized spacial score (nSPS) is 12.5. The molecule has 0 bridgehead atoms. The van der Waals surface area contributed by atoms with Crippen molar-refractivity contribution in [1.29, 1.82) is 0 Å². The fourth-order valence-electron chi connectivity index (χ4n) is 3.52. The third kappa shape index (κ3) is 6.43. The molecule has 1 aromatic carbocycles. The van der Waals surface area contributed by atoms with Crippen LogP contribution in [0.15, 0.2) is 42.7 Å². The number of benzene rings is 1. The lowest BCUT2D eigenvalue weighted by atomic mass is 10.2. The molecule has 0 radical (unpaired) electrons. The van der Waals surface area contributed by atoms with E-state index >= 15 is 0 Å². The molecule has 2 aromatic heterocycles. The molecule has 0 saturated carbocycles. The number of hydrogen-bond donors (Lipinski definition) is 2. The van der Waals surface area contributed by atoms with Crippen LogP contribution in [0.25, 0.3) is 5.65 Å². The number of ether oxygens (including phenoxy) is 2. The number of imidazole rings is 1. The zero-order valence-corrected chi connectivity index (χ0v) is 19.0. The van der Waals surface area contributed by atoms with Gasteiger partial charge in [-0.1, -0.05) is 19.9 Å². The molecule has 3 aromatic rings. The predicted molar refractivity (Wildman–Crippen MR) is 123 cm³/mol. The van der Waals surface area contributed by atoms with Crippen molar-refractivity contribution >= 4 is 5.65 Å². The van der Waals surface area contributed by atoms with Crippen molar-refractivity contribution in [2.24, 2.45) is 0 Å². The van der Waals surface area contributed by atoms with Crippen molar-refractivity contribution < 1.29 is 14.6 Å². The number of aromatic nitrogens is 2. The molecule has 2 heterocycles. The van der Waals surface area contributed by atoms with E-state index in [-0.39, 0.29) is 6.61 Å². The van der Waals surface area contributed by atoms with Gasteiger partial charge < -0.3 is 29.2 Å². The molecule has 2 N–H and O–H groups in total. The Hall–Kier alpha value is -2.61. The van der Waals surface area contributed by atoms with Crippen molar-refractivity contribution in [1.82, 2.24) is 19.6 Å². The Balaban J connectivity index is 1.52. The van der Waals surface area contributed by atoms with E-state index in [0.29, 0.717) is 31.1 Å². The molecule has 31 heavy (non-hydrogen) atoms. The first-order chi connectivity index (χ1) is 15.0. The molecule has 0 aliphatic rings. The quantitative estimate of drug-likeness (QED) is 0.464. The van der Waals surface area contributed by atoms with Crippen LogP contribution in [0, 0.1) is 6.92 Å². The molecule has 7 heteroatoms. The molecular weight excluding hydrogens is 392 g/mol. The molecule has 0 saturated heterocycles. The third-order valence-electron chi connectivity index (χ3n) is 5.32. The van der Waals surface area contributed by atoms with Gasteiger partial charge >= 0.3 is 0 Å². The van der Waals surface area contributed by atoms with E-state index in [1.807, 2.05) is 35.0 Å². The van der Waals surface area contributed by atoms with Gasteiger partial charge in [-0.3, -0.25) is 0 Å². The van der Waals surface area contributed by atoms with Crippen LogP contribution >= 0.6 is 0 Å². The summed E-state index contributed by atoms with van der Waals surface area (Å²) in [5, 5.41) is 13.7. The molecule has 0 aliphatic carbocycles. The topological polar surface area (TPSA) is 71.3 Å². The lowest BCUT2D eigenvalue weighted by Gasteiger charge is -2.22. The number of methoxy groups -OCH3 is 1. The summed E-state index contributed by atoms with van der Waals surface area (Å²) in [7, 11) is 1.63. The van der Waals surface area contributed by atoms with Gasteiger partial charge in [0.15, 0.2) is 11.5 Å². The van der Waals surface area contributed by atoms with Crippen molar-refractivity contribution in [3.63, 3.8) is 0 Å². The number of rotatable bonds is 12. The number of nitrogens with one attached hydrogen (secondary N) is 1. The van der Waals surface area contributed by atoms with Crippen molar-refractivity contribution in [3.8, 4) is 11.5 Å². The van der Waals surface area contributed by atoms with Crippen LogP contribution in [0.4, 0.5) is 0 Å². The highest BCUT2D eigenvalue weighted by Gasteiger charge is 2.12. The Kier molecular flexibility index (Phi) is 8.28. The van der Waals surface area contributed by atoms with Gasteiger partial charge in [-0.05, 0) is 55.4 Å². The predicted octanol–water partition coefficient (Wildman–Crippen LogP) is 3.02. The lowest BCUT2D eigenvalue weighted by Crippen LogP contribution is -2.35. The van der Waals surface area contributed by atoms with Gasteiger partial charge in [-0.25, -0.2) is 4.98 Å². The van der Waals surface area contributed by atoms with Gasteiger partial charge in [0.2, 0.25) is 0 Å². The Bertz CT molecular complexity index is 969. The summed E-state index contributed by atoms with van der Waals surface area (Å²) in [6.45, 7) is 10.3. The largest absolute Gasteiger partial charge is 0.493 e. The molecular formula is C24H34N4O3. The van der Waals surface area contributed by atoms with Crippen molar-refractivity contribution in [2.45, 2.75) is 40.0 Å². The van der Waals surface area contributed by atoms with Crippen LogP contribution in [0.5, 0.6) is 11.5 Å². The summed E-state index contributed by atoms with van der Waals surface area (Å²) >= 11 is 0. The first-order valence-corrected chi connectivity index (χ1v) is 10.9. The standard InChI is InChI=1S/C24H34N4O3/c1-5-27(6-2)16-21(29)17-31-22-8-7-19(12-23(22)30-4)13-25-14-20-15-28-10-9-18(3)11-24(28)26-20/h7-12,15,21,25,29H,5-6,13-14,16-17H2,1-4H3. The SMILES string of the molecule is CCN(CC)CC(O)COc1ccc(CNCc2cn3ccc(C)cc3n2)cc1OC. The second-order valence-corrected chi connectivity index (χ2v) is 7.74. The van der Waals surface area contributed by atoms with Crippen LogP contribution in [0.1, 0.15) is 30.7 Å². The van der Waals surface area contributed by atoms with E-state index in [0.717, 1.165) is 30.0 Å². The van der Waals surface area contributed by atoms with E-state index in [1.165, 1.54) is 5.56 Å². The summed E-state index contributed by atoms with van der Waals surface area (Å²) in [5.74, 6) is 1.30. The first-order valence-electron chi connectivity index (χ1n) is 10.9. The molecule has 7 nitrogen and oxygen atoms in total. The van der Waals surface area contributed by atoms with E-state index in [9.17, 15) is 5.11 Å². The fourth-order valence-corrected chi connectivity index (χ4v) is 3.52. The number of hydrogen-bond acceptors (Lipinski definition) is 6. The van der Waals surface area contributed by atoms with Crippen LogP contribution in [-0.4, -0.2) is 58.8 Å². The summed E-state index contributed by atoms with van der Waals surface area (Å²) in [5.41, 5.74) is 4.25. The zero-order valence-electron chi connectivity index (χ0n) is 19.0. The van der Waals surface area contributed by atoms with E-state index in [1.54, 1.807) is 7.11 Å². The highest BCUT2D eigenvalue weighted by Crippen LogP contribution is 2.28. The highest BCUT2D eigenvalue weighted by molar-refractivity contribution is 5.43. The monoisotopic (exact) mass is 426 g/mol. The van der Waals surface area contributed by atoms with E-state index < -0.39 is 6.10 Å². The molecule has 0 fully saturated rings. The Labute approximate surface area is 184 Å². The minimum absolute atomic E-state index is 0.234. The first kappa shape index (κ1) is 23.1. The minimum atomic E-state index is -0.542. The number of aryl methyl sites for hydroxylation is 1. The molecule has 168 valence electrons. The molecule has 0 aliphatic heterocycles. The Morgan fingerprint density at radius 1 is 1.13 bits per heavy atom. The molecule has 1 atom stereocenters. The maximum atomic E-state index is 10.2. The van der Waals surface area contributed by atoms with Crippen molar-refractivity contribution in [3.05, 3.63) is 59.5 Å². The van der Waals surface area contributed by atoms with Gasteiger partial charge in [-0.2, -0.15) is 0 Å². The number of aliphatic hydroxyl groups is 1. The fraction of sp³-hybridized carbons (Fsp3) is 0.458. The van der Waals surface area contributed by atoms with E-state index in [4.69, 9.17) is 9.47 Å². The lowest BCUT2D eigenvalue weighted by molar-refractivity contribution is 0.0705. The smallest absolute Gasteiger partial charge is 0.161 e. The van der Waals surface area contributed by atoms with Crippen molar-refractivity contribution in [2.75, 3.05) is 33.4 Å². The van der Waals surface area contributed by atoms with Crippen LogP contribution in [0.2, 0.25) is 0 Å². The third-order valence-corrected chi connectivity index (χ3v) is 5.32. The minimum Gasteiger partial charge on any atom is -0.493 e. The maximum Gasteiger partial charge on any atom is 0.161 e. The van der Waals surface area contributed by atoms with Gasteiger partial charge in [0.25, 0.3) is 0 Å². The van der Waals surface area contributed by atoms with Gasteiger partial charge in [0.1, 0.15) is 18.4 Å². The second kappa shape index (κ2) is 11.1. The second-order valence-electron chi connectivity index (χ2n) is 7.74. The van der Waals surface area contributed by atoms with Crippen LogP contribution < -0.4 is 14.8 Å². The maximum absolute atomic E-state index is 10.2. The molecule has 3 rings (SSSR count). The number of likely N-dealkylation sites (N-methyl/N-ethyl adjacent to an activating group) is 1. The van der Waals surface area contributed by atoms with E-state index in [2.05, 4.69) is 48.1 Å². The van der Waals surface area contributed by atoms with Crippen LogP contribution in [-0.2, 0) is 13.1 Å². The highest BCUT2D eigenvalue weighted by atomic mass is 16.5. The zero-order chi connectivity index (χ0) is 22.2. The average molecular weight is 427 g/mol. The van der Waals surface area contributed by atoms with Gasteiger partial charge in [0.05, 0.1) is 12.8 Å². The summed E-state index contributed by atoms with van der Waals surface area (Å²) < 4.78 is 13.3. The van der Waals surface area contributed by atoms with Gasteiger partial charge in [-0.15, -0.1) is 0 Å². The number of aliphatic hydroxyl groups excluding tert-OH is 1. The average Bonchev–Trinajstić information content (AvgIpc) is 3.18. The molecule has 0 spiro atoms. The number of pyridine rings is 1. The number of nitrogens with zero attached hydrogens (tertiary/aromatic N) is 3. The Morgan fingerprint density at radius 3 is 2.68 bits per heavy atom. The molecule has 1 unspecified atom stereocenters. The number of fused-ring (bicyclic) bond motifs is 1. The summed E-state index contributed by atoms with van der Waals surface area (Å²) in [6, 6.07) is 10.0. The molecule has 0 amide bonds.